The van der Waals surface area contributed by atoms with E-state index in [1.165, 1.54) is 4.68 Å². The third-order valence-corrected chi connectivity index (χ3v) is 2.83. The highest BCUT2D eigenvalue weighted by atomic mass is 16.6. The zero-order chi connectivity index (χ0) is 14.5. The van der Waals surface area contributed by atoms with Gasteiger partial charge >= 0.3 is 5.69 Å². The molecule has 0 radical (unpaired) electrons. The van der Waals surface area contributed by atoms with Crippen molar-refractivity contribution in [3.8, 4) is 0 Å². The van der Waals surface area contributed by atoms with Gasteiger partial charge in [-0.05, 0) is 18.6 Å². The van der Waals surface area contributed by atoms with E-state index in [0.717, 1.165) is 6.42 Å². The molecular formula is C12H16N6O2. The fourth-order valence-corrected chi connectivity index (χ4v) is 1.97. The standard InChI is InChI=1S/C12H16N6O2/c1-3-5-10-11(18(19)20)12(17(2)16-10)13-8-9-6-4-7-14-15-9/h4,6-7,13H,3,5,8H2,1-2H3. The summed E-state index contributed by atoms with van der Waals surface area (Å²) in [6, 6.07) is 3.57. The van der Waals surface area contributed by atoms with Crippen LogP contribution in [0.4, 0.5) is 11.5 Å². The maximum absolute atomic E-state index is 11.2. The Morgan fingerprint density at radius 2 is 2.30 bits per heavy atom. The minimum Gasteiger partial charge on any atom is -0.359 e. The molecule has 8 nitrogen and oxygen atoms in total. The molecule has 0 saturated heterocycles. The molecule has 0 spiro atoms. The Morgan fingerprint density at radius 1 is 1.50 bits per heavy atom. The van der Waals surface area contributed by atoms with Crippen molar-refractivity contribution in [1.29, 1.82) is 0 Å². The van der Waals surface area contributed by atoms with Gasteiger partial charge in [-0.2, -0.15) is 15.3 Å². The molecule has 2 aromatic rings. The van der Waals surface area contributed by atoms with E-state index in [1.807, 2.05) is 6.92 Å². The summed E-state index contributed by atoms with van der Waals surface area (Å²) in [7, 11) is 1.69. The van der Waals surface area contributed by atoms with Crippen LogP contribution in [0.2, 0.25) is 0 Å². The number of nitro groups is 1. The summed E-state index contributed by atoms with van der Waals surface area (Å²) in [4.78, 5) is 10.8. The summed E-state index contributed by atoms with van der Waals surface area (Å²) in [6.45, 7) is 2.32. The Kier molecular flexibility index (Phi) is 4.24. The molecule has 1 N–H and O–H groups in total. The minimum atomic E-state index is -0.392. The van der Waals surface area contributed by atoms with Crippen LogP contribution in [0.1, 0.15) is 24.7 Å². The summed E-state index contributed by atoms with van der Waals surface area (Å²) in [5.41, 5.74) is 1.25. The Bertz CT molecular complexity index is 595. The molecule has 0 aliphatic carbocycles. The lowest BCUT2D eigenvalue weighted by molar-refractivity contribution is -0.384. The van der Waals surface area contributed by atoms with Crippen molar-refractivity contribution in [1.82, 2.24) is 20.0 Å². The van der Waals surface area contributed by atoms with Crippen LogP contribution in [0.25, 0.3) is 0 Å². The molecule has 0 amide bonds. The van der Waals surface area contributed by atoms with Crippen LogP contribution in [-0.4, -0.2) is 24.9 Å². The van der Waals surface area contributed by atoms with Crippen molar-refractivity contribution < 1.29 is 4.92 Å². The predicted octanol–water partition coefficient (Wildman–Crippen LogP) is 1.68. The minimum absolute atomic E-state index is 0.0400. The van der Waals surface area contributed by atoms with Gasteiger partial charge in [0.2, 0.25) is 5.82 Å². The maximum Gasteiger partial charge on any atom is 0.334 e. The molecule has 2 rings (SSSR count). The molecule has 106 valence electrons. The summed E-state index contributed by atoms with van der Waals surface area (Å²) >= 11 is 0. The van der Waals surface area contributed by atoms with Crippen LogP contribution in [0.5, 0.6) is 0 Å². The lowest BCUT2D eigenvalue weighted by Crippen LogP contribution is -2.07. The van der Waals surface area contributed by atoms with E-state index >= 15 is 0 Å². The normalized spacial score (nSPS) is 10.5. The van der Waals surface area contributed by atoms with Crippen molar-refractivity contribution in [3.63, 3.8) is 0 Å². The lowest BCUT2D eigenvalue weighted by atomic mass is 10.2. The molecule has 2 heterocycles. The molecule has 20 heavy (non-hydrogen) atoms. The average molecular weight is 276 g/mol. The van der Waals surface area contributed by atoms with Crippen molar-refractivity contribution in [2.24, 2.45) is 7.05 Å². The fraction of sp³-hybridized carbons (Fsp3) is 0.417. The number of nitrogens with one attached hydrogen (secondary N) is 1. The van der Waals surface area contributed by atoms with Crippen molar-refractivity contribution >= 4 is 11.5 Å². The van der Waals surface area contributed by atoms with E-state index in [2.05, 4.69) is 20.6 Å². The first-order valence-electron chi connectivity index (χ1n) is 6.34. The van der Waals surface area contributed by atoms with E-state index in [4.69, 9.17) is 0 Å². The van der Waals surface area contributed by atoms with Gasteiger partial charge in [-0.3, -0.25) is 10.1 Å². The van der Waals surface area contributed by atoms with Gasteiger partial charge in [0.25, 0.3) is 0 Å². The lowest BCUT2D eigenvalue weighted by Gasteiger charge is -2.04. The highest BCUT2D eigenvalue weighted by Gasteiger charge is 2.25. The van der Waals surface area contributed by atoms with Crippen LogP contribution in [-0.2, 0) is 20.0 Å². The SMILES string of the molecule is CCCc1nn(C)c(NCc2cccnn2)c1[N+](=O)[O-]. The second kappa shape index (κ2) is 6.09. The van der Waals surface area contributed by atoms with Crippen molar-refractivity contribution in [3.05, 3.63) is 39.8 Å². The van der Waals surface area contributed by atoms with Gasteiger partial charge in [-0.25, -0.2) is 4.68 Å². The second-order valence-electron chi connectivity index (χ2n) is 4.34. The molecular weight excluding hydrogens is 260 g/mol. The first kappa shape index (κ1) is 13.9. The molecule has 0 aliphatic rings. The average Bonchev–Trinajstić information content (AvgIpc) is 2.74. The highest BCUT2D eigenvalue weighted by Crippen LogP contribution is 2.29. The summed E-state index contributed by atoms with van der Waals surface area (Å²) in [5.74, 6) is 0.393. The number of rotatable bonds is 6. The molecule has 0 bridgehead atoms. The van der Waals surface area contributed by atoms with Gasteiger partial charge in [-0.1, -0.05) is 13.3 Å². The van der Waals surface area contributed by atoms with E-state index in [9.17, 15) is 10.1 Å². The van der Waals surface area contributed by atoms with Gasteiger partial charge in [0.15, 0.2) is 0 Å². The molecule has 0 atom stereocenters. The topological polar surface area (TPSA) is 98.8 Å². The molecule has 0 aromatic carbocycles. The third kappa shape index (κ3) is 2.90. The number of aryl methyl sites for hydroxylation is 2. The van der Waals surface area contributed by atoms with E-state index < -0.39 is 4.92 Å². The molecule has 0 aliphatic heterocycles. The summed E-state index contributed by atoms with van der Waals surface area (Å²) < 4.78 is 1.50. The van der Waals surface area contributed by atoms with Crippen LogP contribution in [0.15, 0.2) is 18.3 Å². The zero-order valence-electron chi connectivity index (χ0n) is 11.4. The molecule has 2 aromatic heterocycles. The summed E-state index contributed by atoms with van der Waals surface area (Å²) in [6.07, 6.45) is 2.97. The fourth-order valence-electron chi connectivity index (χ4n) is 1.97. The van der Waals surface area contributed by atoms with Crippen LogP contribution in [0, 0.1) is 10.1 Å². The van der Waals surface area contributed by atoms with Gasteiger partial charge in [0.1, 0.15) is 5.69 Å². The smallest absolute Gasteiger partial charge is 0.334 e. The molecule has 0 fully saturated rings. The first-order valence-corrected chi connectivity index (χ1v) is 6.34. The molecule has 0 saturated carbocycles. The summed E-state index contributed by atoms with van der Waals surface area (Å²) in [5, 5.41) is 26.1. The predicted molar refractivity (Wildman–Crippen MR) is 73.2 cm³/mol. The van der Waals surface area contributed by atoms with E-state index in [0.29, 0.717) is 30.2 Å². The van der Waals surface area contributed by atoms with Gasteiger partial charge < -0.3 is 5.32 Å². The van der Waals surface area contributed by atoms with E-state index in [1.54, 1.807) is 25.4 Å². The van der Waals surface area contributed by atoms with Crippen LogP contribution >= 0.6 is 0 Å². The van der Waals surface area contributed by atoms with Gasteiger partial charge in [0.05, 0.1) is 17.2 Å². The van der Waals surface area contributed by atoms with Gasteiger partial charge in [-0.15, -0.1) is 0 Å². The van der Waals surface area contributed by atoms with Gasteiger partial charge in [0, 0.05) is 13.2 Å². The third-order valence-electron chi connectivity index (χ3n) is 2.83. The van der Waals surface area contributed by atoms with E-state index in [-0.39, 0.29) is 5.69 Å². The Labute approximate surface area is 116 Å². The number of anilines is 1. The number of hydrogen-bond acceptors (Lipinski definition) is 6. The zero-order valence-corrected chi connectivity index (χ0v) is 11.4. The molecule has 0 unspecified atom stereocenters. The van der Waals surface area contributed by atoms with Crippen LogP contribution in [0.3, 0.4) is 0 Å². The second-order valence-corrected chi connectivity index (χ2v) is 4.34. The molecule has 8 heteroatoms. The van der Waals surface area contributed by atoms with Crippen LogP contribution < -0.4 is 5.32 Å². The Morgan fingerprint density at radius 3 is 2.90 bits per heavy atom. The number of aromatic nitrogens is 4. The number of nitrogens with zero attached hydrogens (tertiary/aromatic N) is 5. The Hall–Kier alpha value is -2.51. The monoisotopic (exact) mass is 276 g/mol. The maximum atomic E-state index is 11.2. The van der Waals surface area contributed by atoms with Crippen molar-refractivity contribution in [2.75, 3.05) is 5.32 Å². The quantitative estimate of drug-likeness (QED) is 0.636. The largest absolute Gasteiger partial charge is 0.359 e. The Balaban J connectivity index is 2.24. The number of hydrogen-bond donors (Lipinski definition) is 1. The first-order chi connectivity index (χ1) is 9.63. The van der Waals surface area contributed by atoms with Crippen molar-refractivity contribution in [2.45, 2.75) is 26.3 Å². The highest BCUT2D eigenvalue weighted by molar-refractivity contribution is 5.59.